The molecule has 10 heteroatoms. The summed E-state index contributed by atoms with van der Waals surface area (Å²) in [6.45, 7) is 5.76. The lowest BCUT2D eigenvalue weighted by Crippen LogP contribution is -2.54. The largest absolute Gasteiger partial charge is 0.344 e. The van der Waals surface area contributed by atoms with Crippen molar-refractivity contribution in [3.8, 4) is 0 Å². The van der Waals surface area contributed by atoms with Crippen LogP contribution in [0.4, 0.5) is 0 Å². The van der Waals surface area contributed by atoms with Crippen LogP contribution in [0.5, 0.6) is 0 Å². The maximum atomic E-state index is 12.8. The van der Waals surface area contributed by atoms with Gasteiger partial charge in [0, 0.05) is 25.6 Å². The highest BCUT2D eigenvalue weighted by atomic mass is 32.2. The first-order valence-corrected chi connectivity index (χ1v) is 11.0. The molecule has 0 aromatic heterocycles. The van der Waals surface area contributed by atoms with Crippen molar-refractivity contribution >= 4 is 27.7 Å². The lowest BCUT2D eigenvalue weighted by atomic mass is 10.0. The van der Waals surface area contributed by atoms with Crippen LogP contribution >= 0.6 is 0 Å². The number of carbonyl (C=O) groups is 3. The summed E-state index contributed by atoms with van der Waals surface area (Å²) in [4.78, 5) is 35.9. The van der Waals surface area contributed by atoms with Gasteiger partial charge in [-0.25, -0.2) is 8.42 Å². The molecule has 1 fully saturated rings. The van der Waals surface area contributed by atoms with E-state index in [1.165, 1.54) is 35.5 Å². The summed E-state index contributed by atoms with van der Waals surface area (Å²) in [6.07, 6.45) is 2.64. The molecule has 1 aromatic carbocycles. The van der Waals surface area contributed by atoms with Crippen molar-refractivity contribution in [2.75, 3.05) is 13.1 Å². The highest BCUT2D eigenvalue weighted by Gasteiger charge is 2.27. The normalized spacial score (nSPS) is 16.1. The first-order valence-electron chi connectivity index (χ1n) is 9.60. The van der Waals surface area contributed by atoms with Gasteiger partial charge in [0.1, 0.15) is 6.04 Å². The Hall–Kier alpha value is -2.46. The number of nitrogens with one attached hydrogen (secondary N) is 3. The number of benzene rings is 1. The Balaban J connectivity index is 2.07. The molecule has 3 N–H and O–H groups in total. The summed E-state index contributed by atoms with van der Waals surface area (Å²) in [7, 11) is -3.67. The third-order valence-electron chi connectivity index (χ3n) is 4.66. The third kappa shape index (κ3) is 6.01. The Labute approximate surface area is 171 Å². The second-order valence-electron chi connectivity index (χ2n) is 7.36. The van der Waals surface area contributed by atoms with Gasteiger partial charge in [0.05, 0.1) is 4.90 Å². The van der Waals surface area contributed by atoms with E-state index in [4.69, 9.17) is 0 Å². The van der Waals surface area contributed by atoms with Crippen LogP contribution in [0.3, 0.4) is 0 Å². The number of nitrogens with zero attached hydrogens (tertiary/aromatic N) is 1. The van der Waals surface area contributed by atoms with E-state index in [0.717, 1.165) is 19.3 Å². The zero-order valence-corrected chi connectivity index (χ0v) is 17.7. The van der Waals surface area contributed by atoms with Gasteiger partial charge < -0.3 is 5.32 Å². The fourth-order valence-corrected chi connectivity index (χ4v) is 4.64. The van der Waals surface area contributed by atoms with Crippen molar-refractivity contribution < 1.29 is 22.8 Å². The molecule has 1 aromatic rings. The number of rotatable bonds is 6. The van der Waals surface area contributed by atoms with E-state index in [1.807, 2.05) is 0 Å². The quantitative estimate of drug-likeness (QED) is 0.582. The molecule has 0 unspecified atom stereocenters. The van der Waals surface area contributed by atoms with E-state index in [9.17, 15) is 22.8 Å². The van der Waals surface area contributed by atoms with Gasteiger partial charge >= 0.3 is 0 Å². The van der Waals surface area contributed by atoms with E-state index < -0.39 is 27.9 Å². The molecule has 1 saturated heterocycles. The molecule has 0 bridgehead atoms. The highest BCUT2D eigenvalue weighted by Crippen LogP contribution is 2.21. The average Bonchev–Trinajstić information content (AvgIpc) is 2.70. The Morgan fingerprint density at radius 3 is 2.28 bits per heavy atom. The number of hydrogen-bond donors (Lipinski definition) is 3. The van der Waals surface area contributed by atoms with Crippen LogP contribution in [0.25, 0.3) is 0 Å². The van der Waals surface area contributed by atoms with Crippen LogP contribution in [-0.2, 0) is 19.6 Å². The second kappa shape index (κ2) is 9.84. The molecule has 0 spiro atoms. The van der Waals surface area contributed by atoms with Crippen molar-refractivity contribution in [2.45, 2.75) is 51.0 Å². The number of amides is 3. The van der Waals surface area contributed by atoms with Crippen molar-refractivity contribution in [1.82, 2.24) is 20.5 Å². The molecule has 0 radical (unpaired) electrons. The fraction of sp³-hybridized carbons (Fsp3) is 0.526. The summed E-state index contributed by atoms with van der Waals surface area (Å²) >= 11 is 0. The Bertz CT molecular complexity index is 863. The van der Waals surface area contributed by atoms with Crippen LogP contribution in [0.2, 0.25) is 0 Å². The molecule has 1 heterocycles. The van der Waals surface area contributed by atoms with Crippen LogP contribution in [-0.4, -0.2) is 49.6 Å². The lowest BCUT2D eigenvalue weighted by molar-refractivity contribution is -0.129. The van der Waals surface area contributed by atoms with Gasteiger partial charge in [-0.05, 0) is 37.0 Å². The topological polar surface area (TPSA) is 125 Å². The zero-order chi connectivity index (χ0) is 21.6. The van der Waals surface area contributed by atoms with Crippen LogP contribution < -0.4 is 16.2 Å². The molecular formula is C19H28N4O5S. The molecule has 3 amide bonds. The number of hydrazine groups is 1. The number of sulfonamides is 1. The van der Waals surface area contributed by atoms with Crippen molar-refractivity contribution in [3.63, 3.8) is 0 Å². The van der Waals surface area contributed by atoms with E-state index in [1.54, 1.807) is 13.8 Å². The van der Waals surface area contributed by atoms with Crippen LogP contribution in [0, 0.1) is 5.92 Å². The molecule has 9 nitrogen and oxygen atoms in total. The Morgan fingerprint density at radius 1 is 1.03 bits per heavy atom. The van der Waals surface area contributed by atoms with E-state index >= 15 is 0 Å². The minimum Gasteiger partial charge on any atom is -0.344 e. The van der Waals surface area contributed by atoms with Gasteiger partial charge in [-0.3, -0.25) is 25.2 Å². The predicted molar refractivity (Wildman–Crippen MR) is 107 cm³/mol. The molecule has 1 aliphatic heterocycles. The van der Waals surface area contributed by atoms with E-state index in [0.29, 0.717) is 13.1 Å². The summed E-state index contributed by atoms with van der Waals surface area (Å²) in [5.74, 6) is -1.77. The third-order valence-corrected chi connectivity index (χ3v) is 6.55. The maximum absolute atomic E-state index is 12.8. The molecule has 160 valence electrons. The monoisotopic (exact) mass is 424 g/mol. The predicted octanol–water partition coefficient (Wildman–Crippen LogP) is 0.783. The average molecular weight is 425 g/mol. The Morgan fingerprint density at radius 2 is 1.69 bits per heavy atom. The number of hydrogen-bond acceptors (Lipinski definition) is 5. The first kappa shape index (κ1) is 22.8. The molecule has 2 rings (SSSR count). The summed E-state index contributed by atoms with van der Waals surface area (Å²) in [6, 6.07) is 4.88. The Kier molecular flexibility index (Phi) is 7.74. The molecule has 1 aliphatic rings. The van der Waals surface area contributed by atoms with Gasteiger partial charge in [0.15, 0.2) is 0 Å². The van der Waals surface area contributed by atoms with Gasteiger partial charge in [-0.2, -0.15) is 4.31 Å². The van der Waals surface area contributed by atoms with Crippen molar-refractivity contribution in [1.29, 1.82) is 0 Å². The van der Waals surface area contributed by atoms with Gasteiger partial charge in [-0.15, -0.1) is 0 Å². The molecule has 0 aliphatic carbocycles. The summed E-state index contributed by atoms with van der Waals surface area (Å²) < 4.78 is 27.0. The summed E-state index contributed by atoms with van der Waals surface area (Å²) in [5, 5.41) is 2.52. The van der Waals surface area contributed by atoms with Gasteiger partial charge in [0.2, 0.25) is 15.9 Å². The zero-order valence-electron chi connectivity index (χ0n) is 16.9. The highest BCUT2D eigenvalue weighted by molar-refractivity contribution is 7.89. The number of carbonyl (C=O) groups excluding carboxylic acids is 3. The second-order valence-corrected chi connectivity index (χ2v) is 9.30. The lowest BCUT2D eigenvalue weighted by Gasteiger charge is -2.26. The van der Waals surface area contributed by atoms with Gasteiger partial charge in [0.25, 0.3) is 11.8 Å². The molecular weight excluding hydrogens is 396 g/mol. The SMILES string of the molecule is CC(=O)N[C@H](C(=O)NNC(=O)c1cccc(S(=O)(=O)N2CCCCC2)c1)C(C)C. The standard InChI is InChI=1S/C19H28N4O5S/c1-13(2)17(20-14(3)24)19(26)22-21-18(25)15-8-7-9-16(12-15)29(27,28)23-10-5-4-6-11-23/h7-9,12-13,17H,4-6,10-11H2,1-3H3,(H,20,24)(H,21,25)(H,22,26)/t17-/m0/s1. The number of piperidine rings is 1. The van der Waals surface area contributed by atoms with Gasteiger partial charge in [-0.1, -0.05) is 26.3 Å². The van der Waals surface area contributed by atoms with Crippen molar-refractivity contribution in [2.24, 2.45) is 5.92 Å². The molecule has 0 saturated carbocycles. The fourth-order valence-electron chi connectivity index (χ4n) is 3.07. The van der Waals surface area contributed by atoms with E-state index in [2.05, 4.69) is 16.2 Å². The van der Waals surface area contributed by atoms with E-state index in [-0.39, 0.29) is 22.3 Å². The minimum absolute atomic E-state index is 0.0386. The maximum Gasteiger partial charge on any atom is 0.269 e. The first-order chi connectivity index (χ1) is 13.6. The molecule has 29 heavy (non-hydrogen) atoms. The van der Waals surface area contributed by atoms with Crippen LogP contribution in [0.15, 0.2) is 29.2 Å². The van der Waals surface area contributed by atoms with Crippen LogP contribution in [0.1, 0.15) is 50.4 Å². The van der Waals surface area contributed by atoms with Crippen molar-refractivity contribution in [3.05, 3.63) is 29.8 Å². The minimum atomic E-state index is -3.67. The summed E-state index contributed by atoms with van der Waals surface area (Å²) in [5.41, 5.74) is 4.64. The smallest absolute Gasteiger partial charge is 0.269 e. The molecule has 1 atom stereocenters.